The maximum Gasteiger partial charge on any atom is 0.273 e. The normalized spacial score (nSPS) is 17.8. The number of halogens is 1. The van der Waals surface area contributed by atoms with Gasteiger partial charge in [0, 0.05) is 30.4 Å². The van der Waals surface area contributed by atoms with Gasteiger partial charge in [-0.2, -0.15) is 0 Å². The van der Waals surface area contributed by atoms with E-state index in [2.05, 4.69) is 18.7 Å². The molecule has 0 aromatic heterocycles. The van der Waals surface area contributed by atoms with Crippen LogP contribution in [0, 0.1) is 15.5 Å². The average Bonchev–Trinajstić information content (AvgIpc) is 2.54. The van der Waals surface area contributed by atoms with Gasteiger partial charge < -0.3 is 4.90 Å². The minimum atomic E-state index is -0.364. The summed E-state index contributed by atoms with van der Waals surface area (Å²) in [6.07, 6.45) is 4.83. The Hall–Kier alpha value is -1.29. The van der Waals surface area contributed by atoms with Gasteiger partial charge in [0.25, 0.3) is 5.69 Å². The van der Waals surface area contributed by atoms with E-state index in [9.17, 15) is 10.1 Å². The lowest BCUT2D eigenvalue weighted by Gasteiger charge is -2.42. The first kappa shape index (κ1) is 16.1. The number of hydrogen-bond donors (Lipinski definition) is 0. The lowest BCUT2D eigenvalue weighted by molar-refractivity contribution is -0.385. The van der Waals surface area contributed by atoms with Gasteiger partial charge >= 0.3 is 0 Å². The van der Waals surface area contributed by atoms with Crippen LogP contribution in [-0.2, 0) is 5.88 Å². The van der Waals surface area contributed by atoms with Gasteiger partial charge in [0.2, 0.25) is 0 Å². The van der Waals surface area contributed by atoms with Crippen LogP contribution in [0.4, 0.5) is 11.4 Å². The van der Waals surface area contributed by atoms with Crippen LogP contribution in [0.3, 0.4) is 0 Å². The number of anilines is 1. The second-order valence-corrected chi connectivity index (χ2v) is 6.17. The van der Waals surface area contributed by atoms with Crippen molar-refractivity contribution in [2.45, 2.75) is 45.4 Å². The molecule has 0 radical (unpaired) electrons. The Balaban J connectivity index is 2.15. The van der Waals surface area contributed by atoms with Gasteiger partial charge in [-0.15, -0.1) is 11.6 Å². The first-order valence-electron chi connectivity index (χ1n) is 7.63. The number of nitro benzene ring substituents is 1. The van der Waals surface area contributed by atoms with Gasteiger partial charge in [0.05, 0.1) is 10.8 Å². The summed E-state index contributed by atoms with van der Waals surface area (Å²) in [5.41, 5.74) is 2.24. The van der Waals surface area contributed by atoms with Crippen molar-refractivity contribution in [3.63, 3.8) is 0 Å². The third kappa shape index (κ3) is 3.31. The van der Waals surface area contributed by atoms with Crippen LogP contribution in [0.15, 0.2) is 18.2 Å². The molecule has 1 aliphatic rings. The number of alkyl halides is 1. The Labute approximate surface area is 131 Å². The van der Waals surface area contributed by atoms with Gasteiger partial charge in [-0.05, 0) is 30.4 Å². The van der Waals surface area contributed by atoms with Crippen molar-refractivity contribution < 1.29 is 4.92 Å². The van der Waals surface area contributed by atoms with Crippen molar-refractivity contribution in [2.24, 2.45) is 5.41 Å². The molecule has 5 heteroatoms. The molecule has 0 bridgehead atoms. The molecule has 0 aliphatic carbocycles. The largest absolute Gasteiger partial charge is 0.371 e. The van der Waals surface area contributed by atoms with E-state index in [0.717, 1.165) is 18.8 Å². The fraction of sp³-hybridized carbons (Fsp3) is 0.625. The van der Waals surface area contributed by atoms with Crippen molar-refractivity contribution in [1.29, 1.82) is 0 Å². The number of rotatable bonds is 5. The number of benzene rings is 1. The quantitative estimate of drug-likeness (QED) is 0.448. The molecule has 1 fully saturated rings. The highest BCUT2D eigenvalue weighted by molar-refractivity contribution is 6.17. The van der Waals surface area contributed by atoms with Crippen LogP contribution >= 0.6 is 11.6 Å². The molecule has 0 saturated carbocycles. The summed E-state index contributed by atoms with van der Waals surface area (Å²) in [5.74, 6) is 0.172. The van der Waals surface area contributed by atoms with Crippen molar-refractivity contribution in [2.75, 3.05) is 18.0 Å². The molecule has 4 nitrogen and oxygen atoms in total. The summed E-state index contributed by atoms with van der Waals surface area (Å²) in [6.45, 7) is 6.58. The minimum absolute atomic E-state index is 0.113. The Morgan fingerprint density at radius 3 is 2.38 bits per heavy atom. The van der Waals surface area contributed by atoms with Crippen LogP contribution in [0.2, 0.25) is 0 Å². The molecule has 0 atom stereocenters. The van der Waals surface area contributed by atoms with Gasteiger partial charge in [-0.3, -0.25) is 10.1 Å². The molecule has 0 N–H and O–H groups in total. The van der Waals surface area contributed by atoms with Gasteiger partial charge in [-0.25, -0.2) is 0 Å². The molecule has 2 rings (SSSR count). The van der Waals surface area contributed by atoms with E-state index < -0.39 is 0 Å². The maximum absolute atomic E-state index is 11.0. The second-order valence-electron chi connectivity index (χ2n) is 5.90. The van der Waals surface area contributed by atoms with Crippen molar-refractivity contribution >= 4 is 23.0 Å². The Morgan fingerprint density at radius 2 is 1.90 bits per heavy atom. The molecule has 1 aromatic carbocycles. The van der Waals surface area contributed by atoms with E-state index in [4.69, 9.17) is 11.6 Å². The predicted molar refractivity (Wildman–Crippen MR) is 87.1 cm³/mol. The van der Waals surface area contributed by atoms with Crippen molar-refractivity contribution in [3.8, 4) is 0 Å². The summed E-state index contributed by atoms with van der Waals surface area (Å²) in [7, 11) is 0. The molecular weight excluding hydrogens is 288 g/mol. The molecule has 21 heavy (non-hydrogen) atoms. The molecule has 0 spiro atoms. The zero-order chi connectivity index (χ0) is 15.5. The number of nitro groups is 1. The summed E-state index contributed by atoms with van der Waals surface area (Å²) in [6, 6.07) is 5.30. The van der Waals surface area contributed by atoms with E-state index in [1.807, 2.05) is 12.1 Å². The van der Waals surface area contributed by atoms with E-state index in [0.29, 0.717) is 11.0 Å². The van der Waals surface area contributed by atoms with Crippen LogP contribution in [0.1, 0.15) is 45.1 Å². The standard InChI is InChI=1S/C16H23ClN2O2/c1-3-16(4-2)7-9-18(10-8-16)14-5-6-15(19(20)21)13(11-14)12-17/h5-6,11H,3-4,7-10,12H2,1-2H3. The van der Waals surface area contributed by atoms with Crippen molar-refractivity contribution in [1.82, 2.24) is 0 Å². The molecule has 1 saturated heterocycles. The molecule has 1 aromatic rings. The fourth-order valence-corrected chi connectivity index (χ4v) is 3.46. The summed E-state index contributed by atoms with van der Waals surface area (Å²) in [5, 5.41) is 11.0. The van der Waals surface area contributed by atoms with E-state index in [1.165, 1.54) is 25.7 Å². The molecule has 0 unspecified atom stereocenters. The predicted octanol–water partition coefficient (Wildman–Crippen LogP) is 4.74. The minimum Gasteiger partial charge on any atom is -0.371 e. The van der Waals surface area contributed by atoms with Crippen LogP contribution < -0.4 is 4.90 Å². The van der Waals surface area contributed by atoms with E-state index >= 15 is 0 Å². The fourth-order valence-electron chi connectivity index (χ4n) is 3.25. The number of piperidine rings is 1. The van der Waals surface area contributed by atoms with E-state index in [1.54, 1.807) is 6.07 Å². The maximum atomic E-state index is 11.0. The summed E-state index contributed by atoms with van der Waals surface area (Å²) in [4.78, 5) is 12.9. The highest BCUT2D eigenvalue weighted by Crippen LogP contribution is 2.39. The second kappa shape index (κ2) is 6.65. The van der Waals surface area contributed by atoms with Gasteiger partial charge in [0.1, 0.15) is 0 Å². The molecule has 1 aliphatic heterocycles. The number of hydrogen-bond acceptors (Lipinski definition) is 3. The lowest BCUT2D eigenvalue weighted by Crippen LogP contribution is -2.39. The average molecular weight is 311 g/mol. The molecule has 1 heterocycles. The molecular formula is C16H23ClN2O2. The smallest absolute Gasteiger partial charge is 0.273 e. The monoisotopic (exact) mass is 310 g/mol. The lowest BCUT2D eigenvalue weighted by atomic mass is 9.74. The van der Waals surface area contributed by atoms with Crippen LogP contribution in [0.5, 0.6) is 0 Å². The SMILES string of the molecule is CCC1(CC)CCN(c2ccc([N+](=O)[O-])c(CCl)c2)CC1. The molecule has 116 valence electrons. The Bertz CT molecular complexity index is 505. The zero-order valence-electron chi connectivity index (χ0n) is 12.8. The van der Waals surface area contributed by atoms with Crippen LogP contribution in [0.25, 0.3) is 0 Å². The Morgan fingerprint density at radius 1 is 1.29 bits per heavy atom. The molecule has 0 amide bonds. The topological polar surface area (TPSA) is 46.4 Å². The first-order chi connectivity index (χ1) is 10.0. The third-order valence-corrected chi connectivity index (χ3v) is 5.38. The Kier molecular flexibility index (Phi) is 5.09. The van der Waals surface area contributed by atoms with Gasteiger partial charge in [0.15, 0.2) is 0 Å². The van der Waals surface area contributed by atoms with E-state index in [-0.39, 0.29) is 16.5 Å². The van der Waals surface area contributed by atoms with Gasteiger partial charge in [-0.1, -0.05) is 26.7 Å². The first-order valence-corrected chi connectivity index (χ1v) is 8.17. The highest BCUT2D eigenvalue weighted by atomic mass is 35.5. The summed E-state index contributed by atoms with van der Waals surface area (Å²) >= 11 is 5.85. The third-order valence-electron chi connectivity index (χ3n) is 5.09. The van der Waals surface area contributed by atoms with Crippen molar-refractivity contribution in [3.05, 3.63) is 33.9 Å². The highest BCUT2D eigenvalue weighted by Gasteiger charge is 2.31. The zero-order valence-corrected chi connectivity index (χ0v) is 13.5. The summed E-state index contributed by atoms with van der Waals surface area (Å²) < 4.78 is 0. The van der Waals surface area contributed by atoms with Crippen LogP contribution in [-0.4, -0.2) is 18.0 Å². The number of nitrogens with zero attached hydrogens (tertiary/aromatic N) is 2.